The lowest BCUT2D eigenvalue weighted by atomic mass is 10.0. The minimum atomic E-state index is -4.69. The molecule has 0 amide bonds. The molecule has 5 heteroatoms. The van der Waals surface area contributed by atoms with Crippen molar-refractivity contribution in [3.05, 3.63) is 58.3 Å². The second-order valence-electron chi connectivity index (χ2n) is 3.70. The van der Waals surface area contributed by atoms with E-state index in [-0.39, 0.29) is 0 Å². The Kier molecular flexibility index (Phi) is 3.43. The fourth-order valence-corrected chi connectivity index (χ4v) is 1.83. The molecule has 0 saturated carbocycles. The van der Waals surface area contributed by atoms with E-state index in [1.54, 1.807) is 24.3 Å². The summed E-state index contributed by atoms with van der Waals surface area (Å²) in [4.78, 5) is 0. The molecule has 0 aromatic heterocycles. The van der Waals surface area contributed by atoms with E-state index in [0.717, 1.165) is 16.6 Å². The molecule has 2 aromatic carbocycles. The van der Waals surface area contributed by atoms with Crippen molar-refractivity contribution in [1.29, 1.82) is 0 Å². The Morgan fingerprint density at radius 1 is 0.833 bits per heavy atom. The molecule has 0 saturated heterocycles. The fraction of sp³-hybridized carbons (Fsp3) is 0.0769. The van der Waals surface area contributed by atoms with Crippen molar-refractivity contribution in [2.75, 3.05) is 0 Å². The first-order valence-electron chi connectivity index (χ1n) is 5.00. The quantitative estimate of drug-likeness (QED) is 0.628. The second-order valence-corrected chi connectivity index (χ2v) is 4.61. The Morgan fingerprint density at radius 2 is 1.39 bits per heavy atom. The van der Waals surface area contributed by atoms with Crippen LogP contribution in [0.15, 0.2) is 46.9 Å². The summed E-state index contributed by atoms with van der Waals surface area (Å²) >= 11 is 3.24. The van der Waals surface area contributed by atoms with Crippen molar-refractivity contribution in [3.63, 3.8) is 0 Å². The van der Waals surface area contributed by atoms with Gasteiger partial charge in [-0.05, 0) is 35.4 Å². The van der Waals surface area contributed by atoms with Crippen LogP contribution in [-0.4, -0.2) is 0 Å². The number of benzene rings is 2. The average molecular weight is 319 g/mol. The molecular formula is C13H7BrF4. The number of halogens is 5. The Balaban J connectivity index is 2.50. The first kappa shape index (κ1) is 13.1. The monoisotopic (exact) mass is 318 g/mol. The third-order valence-electron chi connectivity index (χ3n) is 2.45. The number of rotatable bonds is 1. The Morgan fingerprint density at radius 3 is 1.94 bits per heavy atom. The first-order chi connectivity index (χ1) is 8.38. The molecule has 0 spiro atoms. The highest BCUT2D eigenvalue weighted by atomic mass is 79.9. The molecule has 18 heavy (non-hydrogen) atoms. The topological polar surface area (TPSA) is 0 Å². The molecule has 94 valence electrons. The molecule has 0 aliphatic rings. The molecule has 0 unspecified atom stereocenters. The van der Waals surface area contributed by atoms with E-state index in [1.807, 2.05) is 0 Å². The molecule has 0 fully saturated rings. The molecular weight excluding hydrogens is 312 g/mol. The SMILES string of the molecule is Fc1ccc(-c2ccc(Br)cc2)cc1C(F)(F)F. The summed E-state index contributed by atoms with van der Waals surface area (Å²) in [5, 5.41) is 0. The van der Waals surface area contributed by atoms with Crippen LogP contribution >= 0.6 is 15.9 Å². The molecule has 2 aromatic rings. The minimum absolute atomic E-state index is 0.330. The highest BCUT2D eigenvalue weighted by Gasteiger charge is 2.34. The fourth-order valence-electron chi connectivity index (χ4n) is 1.56. The van der Waals surface area contributed by atoms with Crippen LogP contribution in [0.1, 0.15) is 5.56 Å². The molecule has 0 aliphatic carbocycles. The van der Waals surface area contributed by atoms with Crippen LogP contribution in [-0.2, 0) is 6.18 Å². The van der Waals surface area contributed by atoms with Crippen LogP contribution in [0.4, 0.5) is 17.6 Å². The van der Waals surface area contributed by atoms with Crippen molar-refractivity contribution in [1.82, 2.24) is 0 Å². The summed E-state index contributed by atoms with van der Waals surface area (Å²) in [7, 11) is 0. The lowest BCUT2D eigenvalue weighted by Crippen LogP contribution is -2.08. The van der Waals surface area contributed by atoms with Gasteiger partial charge in [-0.15, -0.1) is 0 Å². The second kappa shape index (κ2) is 4.72. The molecule has 0 radical (unpaired) electrons. The zero-order valence-corrected chi connectivity index (χ0v) is 10.5. The first-order valence-corrected chi connectivity index (χ1v) is 5.80. The van der Waals surface area contributed by atoms with E-state index in [0.29, 0.717) is 11.1 Å². The lowest BCUT2D eigenvalue weighted by molar-refractivity contribution is -0.139. The number of hydrogen-bond acceptors (Lipinski definition) is 0. The number of alkyl halides is 3. The molecule has 0 nitrogen and oxygen atoms in total. The van der Waals surface area contributed by atoms with E-state index < -0.39 is 17.6 Å². The molecule has 0 bridgehead atoms. The van der Waals surface area contributed by atoms with Crippen LogP contribution in [0.2, 0.25) is 0 Å². The number of hydrogen-bond donors (Lipinski definition) is 0. The van der Waals surface area contributed by atoms with Crippen molar-refractivity contribution >= 4 is 15.9 Å². The van der Waals surface area contributed by atoms with E-state index in [9.17, 15) is 17.6 Å². The zero-order valence-electron chi connectivity index (χ0n) is 8.93. The van der Waals surface area contributed by atoms with E-state index in [2.05, 4.69) is 15.9 Å². The van der Waals surface area contributed by atoms with Gasteiger partial charge in [0.05, 0.1) is 5.56 Å². The highest BCUT2D eigenvalue weighted by molar-refractivity contribution is 9.10. The summed E-state index contributed by atoms with van der Waals surface area (Å²) in [6.07, 6.45) is -4.69. The molecule has 0 heterocycles. The Labute approximate surface area is 109 Å². The van der Waals surface area contributed by atoms with Crippen molar-refractivity contribution in [2.24, 2.45) is 0 Å². The zero-order chi connectivity index (χ0) is 13.3. The van der Waals surface area contributed by atoms with Gasteiger partial charge < -0.3 is 0 Å². The maximum absolute atomic E-state index is 13.1. The van der Waals surface area contributed by atoms with Crippen LogP contribution in [0, 0.1) is 5.82 Å². The van der Waals surface area contributed by atoms with Gasteiger partial charge in [0.2, 0.25) is 0 Å². The highest BCUT2D eigenvalue weighted by Crippen LogP contribution is 2.34. The molecule has 0 atom stereocenters. The Hall–Kier alpha value is -1.36. The largest absolute Gasteiger partial charge is 0.419 e. The Bertz CT molecular complexity index is 558. The maximum atomic E-state index is 13.1. The van der Waals surface area contributed by atoms with Crippen molar-refractivity contribution < 1.29 is 17.6 Å². The minimum Gasteiger partial charge on any atom is -0.206 e. The van der Waals surface area contributed by atoms with Gasteiger partial charge in [0.1, 0.15) is 5.82 Å². The molecule has 0 aliphatic heterocycles. The molecule has 2 rings (SSSR count). The maximum Gasteiger partial charge on any atom is 0.419 e. The van der Waals surface area contributed by atoms with Crippen LogP contribution in [0.5, 0.6) is 0 Å². The lowest BCUT2D eigenvalue weighted by Gasteiger charge is -2.10. The normalized spacial score (nSPS) is 11.6. The smallest absolute Gasteiger partial charge is 0.206 e. The van der Waals surface area contributed by atoms with E-state index >= 15 is 0 Å². The third kappa shape index (κ3) is 2.72. The van der Waals surface area contributed by atoms with Gasteiger partial charge in [-0.1, -0.05) is 34.1 Å². The van der Waals surface area contributed by atoms with E-state index in [1.165, 1.54) is 6.07 Å². The third-order valence-corrected chi connectivity index (χ3v) is 2.98. The predicted octanol–water partition coefficient (Wildman–Crippen LogP) is 5.27. The summed E-state index contributed by atoms with van der Waals surface area (Å²) < 4.78 is 51.6. The van der Waals surface area contributed by atoms with Gasteiger partial charge in [0.15, 0.2) is 0 Å². The van der Waals surface area contributed by atoms with Gasteiger partial charge in [0.25, 0.3) is 0 Å². The van der Waals surface area contributed by atoms with E-state index in [4.69, 9.17) is 0 Å². The molecule has 0 N–H and O–H groups in total. The summed E-state index contributed by atoms with van der Waals surface area (Å²) in [6, 6.07) is 9.74. The summed E-state index contributed by atoms with van der Waals surface area (Å²) in [6.45, 7) is 0. The summed E-state index contributed by atoms with van der Waals surface area (Å²) in [5.41, 5.74) is -0.317. The van der Waals surface area contributed by atoms with Gasteiger partial charge >= 0.3 is 6.18 Å². The van der Waals surface area contributed by atoms with Crippen molar-refractivity contribution in [3.8, 4) is 11.1 Å². The van der Waals surface area contributed by atoms with Crippen molar-refractivity contribution in [2.45, 2.75) is 6.18 Å². The van der Waals surface area contributed by atoms with Crippen LogP contribution < -0.4 is 0 Å². The van der Waals surface area contributed by atoms with Gasteiger partial charge in [-0.2, -0.15) is 13.2 Å². The van der Waals surface area contributed by atoms with Gasteiger partial charge in [-0.3, -0.25) is 0 Å². The predicted molar refractivity (Wildman–Crippen MR) is 64.5 cm³/mol. The van der Waals surface area contributed by atoms with Crippen LogP contribution in [0.3, 0.4) is 0 Å². The average Bonchev–Trinajstić information content (AvgIpc) is 2.29. The van der Waals surface area contributed by atoms with Gasteiger partial charge in [0, 0.05) is 4.47 Å². The van der Waals surface area contributed by atoms with Gasteiger partial charge in [-0.25, -0.2) is 4.39 Å². The van der Waals surface area contributed by atoms with Crippen LogP contribution in [0.25, 0.3) is 11.1 Å². The summed E-state index contributed by atoms with van der Waals surface area (Å²) in [5.74, 6) is -1.26. The standard InChI is InChI=1S/C13H7BrF4/c14-10-4-1-8(2-5-10)9-3-6-12(15)11(7-9)13(16,17)18/h1-7H.